The summed E-state index contributed by atoms with van der Waals surface area (Å²) in [6, 6.07) is 4.23. The lowest BCUT2D eigenvalue weighted by Crippen LogP contribution is -1.94. The maximum absolute atomic E-state index is 8.82. The van der Waals surface area contributed by atoms with Gasteiger partial charge in [-0.05, 0) is 18.1 Å². The second-order valence-electron chi connectivity index (χ2n) is 2.96. The van der Waals surface area contributed by atoms with Gasteiger partial charge in [0.05, 0.1) is 11.8 Å². The molecule has 2 heterocycles. The Morgan fingerprint density at radius 3 is 3.23 bits per heavy atom. The summed E-state index contributed by atoms with van der Waals surface area (Å²) < 4.78 is 0. The molecule has 1 unspecified atom stereocenters. The van der Waals surface area contributed by atoms with Crippen molar-refractivity contribution in [2.75, 3.05) is 0 Å². The van der Waals surface area contributed by atoms with Crippen LogP contribution >= 0.6 is 23.4 Å². The fourth-order valence-electron chi connectivity index (χ4n) is 1.35. The van der Waals surface area contributed by atoms with Gasteiger partial charge in [-0.15, -0.1) is 11.8 Å². The monoisotopic (exact) mass is 210 g/mol. The van der Waals surface area contributed by atoms with E-state index in [1.54, 1.807) is 11.8 Å². The van der Waals surface area contributed by atoms with E-state index in [2.05, 4.69) is 11.1 Å². The fraction of sp³-hybridized carbons (Fsp3) is 0.333. The van der Waals surface area contributed by atoms with Crippen LogP contribution in [-0.2, 0) is 5.75 Å². The predicted molar refractivity (Wildman–Crippen MR) is 53.6 cm³/mol. The quantitative estimate of drug-likeness (QED) is 0.618. The van der Waals surface area contributed by atoms with Crippen molar-refractivity contribution in [2.45, 2.75) is 17.9 Å². The first-order valence-corrected chi connectivity index (χ1v) is 5.32. The lowest BCUT2D eigenvalue weighted by molar-refractivity contribution is 1.07. The molecule has 0 saturated heterocycles. The van der Waals surface area contributed by atoms with Crippen molar-refractivity contribution in [2.24, 2.45) is 0 Å². The van der Waals surface area contributed by atoms with E-state index in [-0.39, 0.29) is 5.25 Å². The van der Waals surface area contributed by atoms with Crippen molar-refractivity contribution >= 4 is 23.4 Å². The van der Waals surface area contributed by atoms with Gasteiger partial charge in [-0.25, -0.2) is 4.98 Å². The second-order valence-corrected chi connectivity index (χ2v) is 4.41. The number of rotatable bonds is 0. The van der Waals surface area contributed by atoms with E-state index in [1.807, 2.05) is 13.0 Å². The van der Waals surface area contributed by atoms with E-state index in [0.717, 1.165) is 22.6 Å². The molecule has 0 aromatic carbocycles. The van der Waals surface area contributed by atoms with Crippen LogP contribution in [0.1, 0.15) is 22.1 Å². The Kier molecular flexibility index (Phi) is 2.19. The number of aromatic nitrogens is 1. The number of nitrogens with zero attached hydrogens (tertiary/aromatic N) is 2. The fourth-order valence-corrected chi connectivity index (χ4v) is 2.51. The van der Waals surface area contributed by atoms with Crippen molar-refractivity contribution in [1.29, 1.82) is 5.26 Å². The molecule has 0 radical (unpaired) electrons. The van der Waals surface area contributed by atoms with Crippen LogP contribution in [0, 0.1) is 18.3 Å². The summed E-state index contributed by atoms with van der Waals surface area (Å²) in [6.07, 6.45) is 0. The zero-order chi connectivity index (χ0) is 9.42. The third-order valence-electron chi connectivity index (χ3n) is 2.03. The standard InChI is InChI=1S/C9H7ClN2S/c1-5-2-6-4-13-7(3-11)8(6)12-9(5)10/h2,7H,4H2,1H3. The highest BCUT2D eigenvalue weighted by atomic mass is 35.5. The molecule has 1 aromatic rings. The van der Waals surface area contributed by atoms with Gasteiger partial charge in [0.15, 0.2) is 0 Å². The molecule has 2 rings (SSSR count). The first-order chi connectivity index (χ1) is 6.22. The van der Waals surface area contributed by atoms with Crippen molar-refractivity contribution in [3.8, 4) is 6.07 Å². The highest BCUT2D eigenvalue weighted by Crippen LogP contribution is 2.40. The molecule has 0 saturated carbocycles. The summed E-state index contributed by atoms with van der Waals surface area (Å²) in [5.74, 6) is 0.874. The van der Waals surface area contributed by atoms with Gasteiger partial charge in [0.25, 0.3) is 0 Å². The smallest absolute Gasteiger partial charge is 0.134 e. The van der Waals surface area contributed by atoms with E-state index in [9.17, 15) is 0 Å². The van der Waals surface area contributed by atoms with Crippen molar-refractivity contribution in [3.63, 3.8) is 0 Å². The van der Waals surface area contributed by atoms with E-state index in [1.165, 1.54) is 0 Å². The third kappa shape index (κ3) is 1.41. The maximum atomic E-state index is 8.82. The minimum Gasteiger partial charge on any atom is -0.238 e. The van der Waals surface area contributed by atoms with Gasteiger partial charge in [-0.3, -0.25) is 0 Å². The van der Waals surface area contributed by atoms with Crippen LogP contribution in [0.5, 0.6) is 0 Å². The Balaban J connectivity index is 2.55. The number of pyridine rings is 1. The second kappa shape index (κ2) is 3.21. The normalized spacial score (nSPS) is 19.6. The number of fused-ring (bicyclic) bond motifs is 1. The lowest BCUT2D eigenvalue weighted by atomic mass is 10.1. The summed E-state index contributed by atoms with van der Waals surface area (Å²) in [4.78, 5) is 4.23. The Morgan fingerprint density at radius 1 is 1.77 bits per heavy atom. The molecular weight excluding hydrogens is 204 g/mol. The zero-order valence-electron chi connectivity index (χ0n) is 7.04. The number of halogens is 1. The van der Waals surface area contributed by atoms with Gasteiger partial charge in [0, 0.05) is 5.75 Å². The van der Waals surface area contributed by atoms with E-state index < -0.39 is 0 Å². The van der Waals surface area contributed by atoms with Gasteiger partial charge < -0.3 is 0 Å². The molecular formula is C9H7ClN2S. The molecule has 0 amide bonds. The molecule has 13 heavy (non-hydrogen) atoms. The number of hydrogen-bond donors (Lipinski definition) is 0. The van der Waals surface area contributed by atoms with Crippen LogP contribution in [0.2, 0.25) is 5.15 Å². The zero-order valence-corrected chi connectivity index (χ0v) is 8.61. The topological polar surface area (TPSA) is 36.7 Å². The van der Waals surface area contributed by atoms with Crippen LogP contribution in [0.3, 0.4) is 0 Å². The Bertz CT molecular complexity index is 397. The molecule has 1 aliphatic heterocycles. The molecule has 0 fully saturated rings. The molecule has 1 atom stereocenters. The van der Waals surface area contributed by atoms with Gasteiger partial charge in [0.2, 0.25) is 0 Å². The number of thioether (sulfide) groups is 1. The lowest BCUT2D eigenvalue weighted by Gasteiger charge is -2.02. The maximum Gasteiger partial charge on any atom is 0.134 e. The highest BCUT2D eigenvalue weighted by molar-refractivity contribution is 7.99. The van der Waals surface area contributed by atoms with Crippen molar-refractivity contribution < 1.29 is 0 Å². The van der Waals surface area contributed by atoms with Gasteiger partial charge in [-0.1, -0.05) is 17.7 Å². The summed E-state index contributed by atoms with van der Waals surface area (Å²) in [5.41, 5.74) is 2.99. The van der Waals surface area contributed by atoms with Crippen molar-refractivity contribution in [3.05, 3.63) is 28.0 Å². The van der Waals surface area contributed by atoms with Crippen LogP contribution < -0.4 is 0 Å². The summed E-state index contributed by atoms with van der Waals surface area (Å²) >= 11 is 7.49. The minimum atomic E-state index is -0.131. The molecule has 1 aromatic heterocycles. The van der Waals surface area contributed by atoms with Crippen LogP contribution in [0.4, 0.5) is 0 Å². The number of aryl methyl sites for hydroxylation is 1. The van der Waals surface area contributed by atoms with Gasteiger partial charge in [0.1, 0.15) is 10.4 Å². The Morgan fingerprint density at radius 2 is 2.54 bits per heavy atom. The van der Waals surface area contributed by atoms with Crippen molar-refractivity contribution in [1.82, 2.24) is 4.98 Å². The molecule has 0 spiro atoms. The number of hydrogen-bond acceptors (Lipinski definition) is 3. The number of nitriles is 1. The van der Waals surface area contributed by atoms with E-state index in [0.29, 0.717) is 5.15 Å². The minimum absolute atomic E-state index is 0.131. The van der Waals surface area contributed by atoms with Gasteiger partial charge >= 0.3 is 0 Å². The third-order valence-corrected chi connectivity index (χ3v) is 3.56. The molecule has 66 valence electrons. The molecule has 1 aliphatic rings. The first kappa shape index (κ1) is 8.86. The molecule has 0 N–H and O–H groups in total. The molecule has 0 bridgehead atoms. The molecule has 0 aliphatic carbocycles. The Hall–Kier alpha value is -0.720. The first-order valence-electron chi connectivity index (χ1n) is 3.89. The summed E-state index contributed by atoms with van der Waals surface area (Å²) in [7, 11) is 0. The van der Waals surface area contributed by atoms with Crippen LogP contribution in [0.25, 0.3) is 0 Å². The SMILES string of the molecule is Cc1cc2c(nc1Cl)C(C#N)SC2. The molecule has 4 heteroatoms. The highest BCUT2D eigenvalue weighted by Gasteiger charge is 2.25. The summed E-state index contributed by atoms with van der Waals surface area (Å²) in [6.45, 7) is 1.93. The van der Waals surface area contributed by atoms with Crippen LogP contribution in [-0.4, -0.2) is 4.98 Å². The van der Waals surface area contributed by atoms with E-state index >= 15 is 0 Å². The van der Waals surface area contributed by atoms with E-state index in [4.69, 9.17) is 16.9 Å². The molecule has 2 nitrogen and oxygen atoms in total. The van der Waals surface area contributed by atoms with Crippen LogP contribution in [0.15, 0.2) is 6.07 Å². The Labute approximate surface area is 85.9 Å². The summed E-state index contributed by atoms with van der Waals surface area (Å²) in [5, 5.41) is 9.20. The average Bonchev–Trinajstić information content (AvgIpc) is 2.48. The van der Waals surface area contributed by atoms with Gasteiger partial charge in [-0.2, -0.15) is 5.26 Å². The predicted octanol–water partition coefficient (Wildman–Crippen LogP) is 2.85. The average molecular weight is 211 g/mol. The largest absolute Gasteiger partial charge is 0.238 e.